The lowest BCUT2D eigenvalue weighted by Crippen LogP contribution is -1.85. The van der Waals surface area contributed by atoms with Crippen LogP contribution in [-0.4, -0.2) is 0 Å². The van der Waals surface area contributed by atoms with Crippen LogP contribution in [0.1, 0.15) is 0 Å². The Labute approximate surface area is 174 Å². The first kappa shape index (κ1) is 16.0. The molecule has 0 N–H and O–H groups in total. The Bertz CT molecular complexity index is 1790. The van der Waals surface area contributed by atoms with Crippen LogP contribution in [0, 0.1) is 0 Å². The molecule has 7 aromatic carbocycles. The molecule has 138 valence electrons. The summed E-state index contributed by atoms with van der Waals surface area (Å²) in [5.74, 6) is 0. The van der Waals surface area contributed by atoms with Crippen molar-refractivity contribution in [1.82, 2.24) is 0 Å². The molecule has 7 rings (SSSR count). The van der Waals surface area contributed by atoms with Gasteiger partial charge in [-0.15, -0.1) is 0 Å². The highest BCUT2D eigenvalue weighted by molar-refractivity contribution is 6.29. The van der Waals surface area contributed by atoms with E-state index in [1.807, 2.05) is 0 Å². The number of hydrogen-bond donors (Lipinski definition) is 0. The summed E-state index contributed by atoms with van der Waals surface area (Å²) < 4.78 is 0. The van der Waals surface area contributed by atoms with Gasteiger partial charge in [-0.05, 0) is 76.8 Å². The lowest BCUT2D eigenvalue weighted by Gasteiger charge is -2.13. The molecule has 0 aromatic heterocycles. The van der Waals surface area contributed by atoms with Gasteiger partial charge >= 0.3 is 0 Å². The minimum absolute atomic E-state index is 1.29. The number of benzene rings is 7. The summed E-state index contributed by atoms with van der Waals surface area (Å²) in [6.07, 6.45) is 0. The SMILES string of the molecule is c1ccc2cc3c(ccc4ccc5c(ccc6ccc7ccccc7c65)c43)cc2c1. The van der Waals surface area contributed by atoms with E-state index in [4.69, 9.17) is 0 Å². The number of fused-ring (bicyclic) bond motifs is 10. The summed E-state index contributed by atoms with van der Waals surface area (Å²) in [4.78, 5) is 0. The topological polar surface area (TPSA) is 0 Å². The zero-order valence-electron chi connectivity index (χ0n) is 16.4. The fraction of sp³-hybridized carbons (Fsp3) is 0. The van der Waals surface area contributed by atoms with Crippen molar-refractivity contribution in [2.24, 2.45) is 0 Å². The third kappa shape index (κ3) is 2.11. The number of rotatable bonds is 0. The van der Waals surface area contributed by atoms with Crippen LogP contribution in [0.2, 0.25) is 0 Å². The standard InChI is InChI=1S/C30H18/c1-2-7-23-18-28-24(17-22(23)6-1)12-11-21-14-15-26-27(30(21)28)16-13-20-10-9-19-5-3-4-8-25(19)29(20)26/h1-18H. The highest BCUT2D eigenvalue weighted by Crippen LogP contribution is 2.38. The van der Waals surface area contributed by atoms with E-state index in [1.165, 1.54) is 64.6 Å². The van der Waals surface area contributed by atoms with Gasteiger partial charge in [0.2, 0.25) is 0 Å². The van der Waals surface area contributed by atoms with Crippen molar-refractivity contribution in [2.75, 3.05) is 0 Å². The molecule has 0 bridgehead atoms. The molecular weight excluding hydrogens is 360 g/mol. The Morgan fingerprint density at radius 3 is 1.50 bits per heavy atom. The molecule has 0 nitrogen and oxygen atoms in total. The molecule has 0 fully saturated rings. The molecule has 0 radical (unpaired) electrons. The van der Waals surface area contributed by atoms with Crippen LogP contribution in [0.3, 0.4) is 0 Å². The van der Waals surface area contributed by atoms with E-state index in [0.717, 1.165) is 0 Å². The maximum absolute atomic E-state index is 2.36. The minimum Gasteiger partial charge on any atom is -0.0616 e. The van der Waals surface area contributed by atoms with Crippen LogP contribution in [0.25, 0.3) is 64.6 Å². The zero-order valence-corrected chi connectivity index (χ0v) is 16.4. The average Bonchev–Trinajstić information content (AvgIpc) is 2.81. The van der Waals surface area contributed by atoms with Crippen molar-refractivity contribution in [3.63, 3.8) is 0 Å². The van der Waals surface area contributed by atoms with Crippen LogP contribution >= 0.6 is 0 Å². The first-order valence-corrected chi connectivity index (χ1v) is 10.5. The van der Waals surface area contributed by atoms with Gasteiger partial charge in [0.25, 0.3) is 0 Å². The largest absolute Gasteiger partial charge is 0.0616 e. The van der Waals surface area contributed by atoms with Crippen molar-refractivity contribution in [1.29, 1.82) is 0 Å². The van der Waals surface area contributed by atoms with Crippen molar-refractivity contribution < 1.29 is 0 Å². The van der Waals surface area contributed by atoms with Gasteiger partial charge < -0.3 is 0 Å². The van der Waals surface area contributed by atoms with Gasteiger partial charge in [-0.1, -0.05) is 97.1 Å². The molecule has 0 unspecified atom stereocenters. The lowest BCUT2D eigenvalue weighted by atomic mass is 9.91. The van der Waals surface area contributed by atoms with Crippen LogP contribution in [0.15, 0.2) is 109 Å². The van der Waals surface area contributed by atoms with E-state index in [0.29, 0.717) is 0 Å². The van der Waals surface area contributed by atoms with Gasteiger partial charge in [0.05, 0.1) is 0 Å². The molecule has 30 heavy (non-hydrogen) atoms. The average molecular weight is 378 g/mol. The normalized spacial score (nSPS) is 12.0. The van der Waals surface area contributed by atoms with E-state index < -0.39 is 0 Å². The van der Waals surface area contributed by atoms with Crippen LogP contribution in [0.4, 0.5) is 0 Å². The molecule has 0 heterocycles. The number of hydrogen-bond acceptors (Lipinski definition) is 0. The van der Waals surface area contributed by atoms with Crippen LogP contribution in [-0.2, 0) is 0 Å². The Morgan fingerprint density at radius 1 is 0.267 bits per heavy atom. The Hall–Kier alpha value is -3.90. The summed E-state index contributed by atoms with van der Waals surface area (Å²) in [6, 6.07) is 40.2. The molecule has 0 heteroatoms. The summed E-state index contributed by atoms with van der Waals surface area (Å²) in [7, 11) is 0. The van der Waals surface area contributed by atoms with Crippen molar-refractivity contribution in [3.8, 4) is 0 Å². The second-order valence-corrected chi connectivity index (χ2v) is 8.20. The lowest BCUT2D eigenvalue weighted by molar-refractivity contribution is 1.78. The minimum atomic E-state index is 1.29. The summed E-state index contributed by atoms with van der Waals surface area (Å²) in [5.41, 5.74) is 0. The smallest absolute Gasteiger partial charge is 0.00264 e. The van der Waals surface area contributed by atoms with Gasteiger partial charge in [-0.25, -0.2) is 0 Å². The molecule has 0 spiro atoms. The van der Waals surface area contributed by atoms with E-state index in [1.54, 1.807) is 0 Å². The van der Waals surface area contributed by atoms with Gasteiger partial charge in [-0.2, -0.15) is 0 Å². The first-order valence-electron chi connectivity index (χ1n) is 10.5. The Morgan fingerprint density at radius 2 is 0.767 bits per heavy atom. The predicted molar refractivity (Wildman–Crippen MR) is 131 cm³/mol. The van der Waals surface area contributed by atoms with Gasteiger partial charge in [-0.3, -0.25) is 0 Å². The van der Waals surface area contributed by atoms with Gasteiger partial charge in [0.15, 0.2) is 0 Å². The molecule has 0 amide bonds. The predicted octanol–water partition coefficient (Wildman–Crippen LogP) is 8.61. The molecule has 0 saturated heterocycles. The molecule has 0 saturated carbocycles. The van der Waals surface area contributed by atoms with Gasteiger partial charge in [0, 0.05) is 0 Å². The maximum atomic E-state index is 2.36. The van der Waals surface area contributed by atoms with E-state index in [-0.39, 0.29) is 0 Å². The fourth-order valence-electron chi connectivity index (χ4n) is 5.16. The highest BCUT2D eigenvalue weighted by atomic mass is 14.1. The molecule has 0 aliphatic rings. The monoisotopic (exact) mass is 378 g/mol. The second kappa shape index (κ2) is 5.81. The second-order valence-electron chi connectivity index (χ2n) is 8.20. The molecule has 0 aliphatic carbocycles. The van der Waals surface area contributed by atoms with Crippen molar-refractivity contribution >= 4 is 64.6 Å². The quantitative estimate of drug-likeness (QED) is 0.183. The van der Waals surface area contributed by atoms with Crippen LogP contribution in [0.5, 0.6) is 0 Å². The van der Waals surface area contributed by atoms with E-state index in [2.05, 4.69) is 109 Å². The third-order valence-electron chi connectivity index (χ3n) is 6.57. The molecular formula is C30H18. The third-order valence-corrected chi connectivity index (χ3v) is 6.57. The maximum Gasteiger partial charge on any atom is -0.00264 e. The van der Waals surface area contributed by atoms with Crippen LogP contribution < -0.4 is 0 Å². The Balaban J connectivity index is 1.75. The summed E-state index contributed by atoms with van der Waals surface area (Å²) in [5, 5.41) is 15.8. The molecule has 0 aliphatic heterocycles. The summed E-state index contributed by atoms with van der Waals surface area (Å²) in [6.45, 7) is 0. The summed E-state index contributed by atoms with van der Waals surface area (Å²) >= 11 is 0. The Kier molecular flexibility index (Phi) is 3.09. The van der Waals surface area contributed by atoms with Crippen molar-refractivity contribution in [3.05, 3.63) is 109 Å². The molecule has 7 aromatic rings. The first-order chi connectivity index (χ1) is 14.9. The molecule has 0 atom stereocenters. The fourth-order valence-corrected chi connectivity index (χ4v) is 5.16. The van der Waals surface area contributed by atoms with E-state index >= 15 is 0 Å². The van der Waals surface area contributed by atoms with Crippen molar-refractivity contribution in [2.45, 2.75) is 0 Å². The zero-order chi connectivity index (χ0) is 19.7. The van der Waals surface area contributed by atoms with Gasteiger partial charge in [0.1, 0.15) is 0 Å². The highest BCUT2D eigenvalue weighted by Gasteiger charge is 2.10. The van der Waals surface area contributed by atoms with E-state index in [9.17, 15) is 0 Å².